The second-order valence-corrected chi connectivity index (χ2v) is 3.49. The molecular formula is C9H16N2O. The Bertz CT molecular complexity index is 170. The summed E-state index contributed by atoms with van der Waals surface area (Å²) in [5.74, 6) is 0.586. The zero-order valence-corrected chi connectivity index (χ0v) is 7.45. The highest BCUT2D eigenvalue weighted by molar-refractivity contribution is 4.90. The van der Waals surface area contributed by atoms with Crippen LogP contribution in [0.15, 0.2) is 0 Å². The smallest absolute Gasteiger partial charge is 0.0950 e. The predicted molar refractivity (Wildman–Crippen MR) is 46.4 cm³/mol. The van der Waals surface area contributed by atoms with Gasteiger partial charge >= 0.3 is 0 Å². The lowest BCUT2D eigenvalue weighted by Crippen LogP contribution is -2.39. The highest BCUT2D eigenvalue weighted by Crippen LogP contribution is 2.26. The van der Waals surface area contributed by atoms with Crippen LogP contribution in [0.2, 0.25) is 0 Å². The van der Waals surface area contributed by atoms with Gasteiger partial charge in [-0.3, -0.25) is 0 Å². The Balaban J connectivity index is 2.06. The van der Waals surface area contributed by atoms with E-state index >= 15 is 0 Å². The number of nitrogens with zero attached hydrogens (tertiary/aromatic N) is 1. The average molecular weight is 168 g/mol. The van der Waals surface area contributed by atoms with Crippen molar-refractivity contribution in [2.75, 3.05) is 6.54 Å². The van der Waals surface area contributed by atoms with E-state index in [0.717, 1.165) is 25.8 Å². The third-order valence-corrected chi connectivity index (χ3v) is 2.43. The molecule has 1 unspecified atom stereocenters. The number of nitriles is 1. The molecule has 0 aromatic carbocycles. The molecule has 0 aromatic heterocycles. The quantitative estimate of drug-likeness (QED) is 0.648. The minimum Gasteiger partial charge on any atom is -0.393 e. The molecule has 12 heavy (non-hydrogen) atoms. The van der Waals surface area contributed by atoms with E-state index in [1.165, 1.54) is 0 Å². The SMILES string of the molecule is CCC(C#N)NCC1CC(O)C1. The molecular weight excluding hydrogens is 152 g/mol. The van der Waals surface area contributed by atoms with Crippen LogP contribution in [0, 0.1) is 17.2 Å². The molecule has 3 heteroatoms. The Labute approximate surface area is 73.4 Å². The van der Waals surface area contributed by atoms with Crippen LogP contribution in [0.3, 0.4) is 0 Å². The fraction of sp³-hybridized carbons (Fsp3) is 0.889. The van der Waals surface area contributed by atoms with Gasteiger partial charge in [-0.2, -0.15) is 5.26 Å². The van der Waals surface area contributed by atoms with E-state index in [1.807, 2.05) is 6.92 Å². The highest BCUT2D eigenvalue weighted by atomic mass is 16.3. The first-order valence-electron chi connectivity index (χ1n) is 4.57. The zero-order valence-electron chi connectivity index (χ0n) is 7.45. The average Bonchev–Trinajstić information content (AvgIpc) is 2.03. The van der Waals surface area contributed by atoms with Crippen molar-refractivity contribution >= 4 is 0 Å². The molecule has 3 nitrogen and oxygen atoms in total. The summed E-state index contributed by atoms with van der Waals surface area (Å²) >= 11 is 0. The third kappa shape index (κ3) is 2.47. The number of aliphatic hydroxyl groups is 1. The van der Waals surface area contributed by atoms with Gasteiger partial charge in [-0.25, -0.2) is 0 Å². The van der Waals surface area contributed by atoms with Crippen molar-refractivity contribution in [3.05, 3.63) is 0 Å². The lowest BCUT2D eigenvalue weighted by atomic mass is 9.82. The second kappa shape index (κ2) is 4.44. The molecule has 1 rings (SSSR count). The minimum atomic E-state index is -0.0843. The van der Waals surface area contributed by atoms with E-state index < -0.39 is 0 Å². The Kier molecular flexibility index (Phi) is 3.51. The molecule has 1 saturated carbocycles. The van der Waals surface area contributed by atoms with Gasteiger partial charge in [-0.1, -0.05) is 6.92 Å². The van der Waals surface area contributed by atoms with Crippen molar-refractivity contribution in [2.24, 2.45) is 5.92 Å². The van der Waals surface area contributed by atoms with E-state index in [1.54, 1.807) is 0 Å². The monoisotopic (exact) mass is 168 g/mol. The van der Waals surface area contributed by atoms with Crippen molar-refractivity contribution in [3.63, 3.8) is 0 Å². The molecule has 1 aliphatic carbocycles. The van der Waals surface area contributed by atoms with Gasteiger partial charge in [0.25, 0.3) is 0 Å². The van der Waals surface area contributed by atoms with E-state index in [0.29, 0.717) is 5.92 Å². The Morgan fingerprint density at radius 1 is 1.67 bits per heavy atom. The Hall–Kier alpha value is -0.590. The fourth-order valence-corrected chi connectivity index (χ4v) is 1.46. The van der Waals surface area contributed by atoms with Crippen LogP contribution in [0.5, 0.6) is 0 Å². The normalized spacial score (nSPS) is 30.4. The van der Waals surface area contributed by atoms with E-state index in [2.05, 4.69) is 11.4 Å². The second-order valence-electron chi connectivity index (χ2n) is 3.49. The van der Waals surface area contributed by atoms with Crippen LogP contribution in [0.1, 0.15) is 26.2 Å². The van der Waals surface area contributed by atoms with Crippen LogP contribution in [0.25, 0.3) is 0 Å². The number of nitrogens with one attached hydrogen (secondary N) is 1. The van der Waals surface area contributed by atoms with Crippen molar-refractivity contribution in [1.29, 1.82) is 5.26 Å². The molecule has 0 aliphatic heterocycles. The summed E-state index contributed by atoms with van der Waals surface area (Å²) in [6.07, 6.45) is 2.56. The fourth-order valence-electron chi connectivity index (χ4n) is 1.46. The molecule has 0 aromatic rings. The predicted octanol–water partition coefficient (Wildman–Crippen LogP) is 0.649. The lowest BCUT2D eigenvalue weighted by Gasteiger charge is -2.32. The molecule has 0 bridgehead atoms. The first kappa shape index (κ1) is 9.50. The third-order valence-electron chi connectivity index (χ3n) is 2.43. The lowest BCUT2D eigenvalue weighted by molar-refractivity contribution is 0.0425. The number of hydrogen-bond donors (Lipinski definition) is 2. The first-order valence-corrected chi connectivity index (χ1v) is 4.57. The largest absolute Gasteiger partial charge is 0.393 e. The first-order chi connectivity index (χ1) is 5.76. The van der Waals surface area contributed by atoms with Gasteiger partial charge in [0.1, 0.15) is 0 Å². The number of hydrogen-bond acceptors (Lipinski definition) is 3. The maximum Gasteiger partial charge on any atom is 0.0950 e. The molecule has 1 atom stereocenters. The van der Waals surface area contributed by atoms with E-state index in [4.69, 9.17) is 10.4 Å². The molecule has 0 spiro atoms. The maximum absolute atomic E-state index is 9.01. The molecule has 1 aliphatic rings. The van der Waals surface area contributed by atoms with Crippen molar-refractivity contribution in [1.82, 2.24) is 5.32 Å². The van der Waals surface area contributed by atoms with Crippen LogP contribution < -0.4 is 5.32 Å². The standard InChI is InChI=1S/C9H16N2O/c1-2-8(5-10)11-6-7-3-9(12)4-7/h7-9,11-12H,2-4,6H2,1H3. The van der Waals surface area contributed by atoms with Crippen LogP contribution in [-0.4, -0.2) is 23.8 Å². The van der Waals surface area contributed by atoms with Gasteiger partial charge in [-0.15, -0.1) is 0 Å². The van der Waals surface area contributed by atoms with Crippen LogP contribution in [0.4, 0.5) is 0 Å². The van der Waals surface area contributed by atoms with E-state index in [-0.39, 0.29) is 12.1 Å². The minimum absolute atomic E-state index is 0.0113. The summed E-state index contributed by atoms with van der Waals surface area (Å²) in [6.45, 7) is 2.87. The number of aliphatic hydroxyl groups excluding tert-OH is 1. The summed E-state index contributed by atoms with van der Waals surface area (Å²) in [5, 5.41) is 20.8. The Morgan fingerprint density at radius 2 is 2.33 bits per heavy atom. The molecule has 2 N–H and O–H groups in total. The molecule has 1 fully saturated rings. The summed E-state index contributed by atoms with van der Waals surface area (Å²) in [5.41, 5.74) is 0. The molecule has 68 valence electrons. The van der Waals surface area contributed by atoms with Gasteiger partial charge in [0.05, 0.1) is 18.2 Å². The van der Waals surface area contributed by atoms with Crippen molar-refractivity contribution in [2.45, 2.75) is 38.3 Å². The van der Waals surface area contributed by atoms with Crippen LogP contribution in [-0.2, 0) is 0 Å². The summed E-state index contributed by atoms with van der Waals surface area (Å²) < 4.78 is 0. The summed E-state index contributed by atoms with van der Waals surface area (Å²) in [6, 6.07) is 2.18. The topological polar surface area (TPSA) is 56.0 Å². The Morgan fingerprint density at radius 3 is 2.75 bits per heavy atom. The van der Waals surface area contributed by atoms with Crippen molar-refractivity contribution < 1.29 is 5.11 Å². The summed E-state index contributed by atoms with van der Waals surface area (Å²) in [4.78, 5) is 0. The molecule has 0 radical (unpaired) electrons. The van der Waals surface area contributed by atoms with Crippen LogP contribution >= 0.6 is 0 Å². The molecule has 0 amide bonds. The number of rotatable bonds is 4. The van der Waals surface area contributed by atoms with E-state index in [9.17, 15) is 0 Å². The van der Waals surface area contributed by atoms with Gasteiger partial charge in [-0.05, 0) is 31.7 Å². The highest BCUT2D eigenvalue weighted by Gasteiger charge is 2.26. The van der Waals surface area contributed by atoms with Gasteiger partial charge in [0.15, 0.2) is 0 Å². The maximum atomic E-state index is 9.01. The molecule has 0 heterocycles. The van der Waals surface area contributed by atoms with Crippen molar-refractivity contribution in [3.8, 4) is 6.07 Å². The van der Waals surface area contributed by atoms with Gasteiger partial charge in [0.2, 0.25) is 0 Å². The zero-order chi connectivity index (χ0) is 8.97. The van der Waals surface area contributed by atoms with Gasteiger partial charge in [0, 0.05) is 0 Å². The van der Waals surface area contributed by atoms with Gasteiger partial charge < -0.3 is 10.4 Å². The summed E-state index contributed by atoms with van der Waals surface area (Å²) in [7, 11) is 0. The molecule has 0 saturated heterocycles.